The molecule has 0 aromatic heterocycles. The number of hydrogen-bond donors (Lipinski definition) is 2. The number of aliphatic hydroxyl groups is 1. The van der Waals surface area contributed by atoms with E-state index >= 15 is 0 Å². The number of nitrogens with zero attached hydrogens (tertiary/aromatic N) is 1. The molecule has 0 spiro atoms. The topological polar surface area (TPSA) is 69.6 Å². The summed E-state index contributed by atoms with van der Waals surface area (Å²) in [6.45, 7) is 1.39. The summed E-state index contributed by atoms with van der Waals surface area (Å²) in [6.07, 6.45) is 5.52. The molecule has 2 amide bonds. The molecule has 1 heterocycles. The molecule has 2 saturated carbocycles. The molecule has 2 N–H and O–H groups in total. The van der Waals surface area contributed by atoms with Gasteiger partial charge in [-0.05, 0) is 38.0 Å². The first-order valence-electron chi connectivity index (χ1n) is 7.32. The molecule has 3 rings (SSSR count). The molecule has 0 bridgehead atoms. The molecule has 1 unspecified atom stereocenters. The second-order valence-electron chi connectivity index (χ2n) is 6.42. The molecule has 1 atom stereocenters. The number of nitrogens with one attached hydrogen (secondary N) is 1. The fraction of sp³-hybridized carbons (Fsp3) is 0.857. The largest absolute Gasteiger partial charge is 0.394 e. The van der Waals surface area contributed by atoms with Crippen LogP contribution in [0.5, 0.6) is 0 Å². The van der Waals surface area contributed by atoms with Gasteiger partial charge in [-0.25, -0.2) is 0 Å². The minimum absolute atomic E-state index is 0.00515. The standard InChI is InChI=1S/C14H22N2O3/c17-9-14(4-1-5-14)15-13(19)11-6-12(18)16(8-11)7-10-2-3-10/h10-11,17H,1-9H2,(H,15,19). The van der Waals surface area contributed by atoms with Crippen LogP contribution >= 0.6 is 0 Å². The van der Waals surface area contributed by atoms with Crippen molar-refractivity contribution in [1.29, 1.82) is 0 Å². The number of carbonyl (C=O) groups excluding carboxylic acids is 2. The summed E-state index contributed by atoms with van der Waals surface area (Å²) >= 11 is 0. The molecule has 106 valence electrons. The van der Waals surface area contributed by atoms with E-state index in [-0.39, 0.29) is 24.3 Å². The third-order valence-corrected chi connectivity index (χ3v) is 4.76. The van der Waals surface area contributed by atoms with E-state index in [0.29, 0.717) is 18.9 Å². The van der Waals surface area contributed by atoms with Gasteiger partial charge in [-0.2, -0.15) is 0 Å². The second-order valence-corrected chi connectivity index (χ2v) is 6.42. The minimum atomic E-state index is -0.399. The zero-order valence-electron chi connectivity index (χ0n) is 11.2. The van der Waals surface area contributed by atoms with Crippen LogP contribution in [0.2, 0.25) is 0 Å². The predicted molar refractivity (Wildman–Crippen MR) is 69.2 cm³/mol. The molecule has 3 fully saturated rings. The first-order chi connectivity index (χ1) is 9.12. The van der Waals surface area contributed by atoms with E-state index in [1.807, 2.05) is 4.90 Å². The lowest BCUT2D eigenvalue weighted by Gasteiger charge is -2.41. The van der Waals surface area contributed by atoms with E-state index in [1.165, 1.54) is 12.8 Å². The Morgan fingerprint density at radius 3 is 2.68 bits per heavy atom. The van der Waals surface area contributed by atoms with E-state index in [0.717, 1.165) is 25.8 Å². The molecule has 3 aliphatic rings. The van der Waals surface area contributed by atoms with Crippen molar-refractivity contribution in [2.75, 3.05) is 19.7 Å². The van der Waals surface area contributed by atoms with E-state index in [1.54, 1.807) is 0 Å². The molecule has 2 aliphatic carbocycles. The normalized spacial score (nSPS) is 29.2. The summed E-state index contributed by atoms with van der Waals surface area (Å²) in [7, 11) is 0. The molecule has 0 radical (unpaired) electrons. The Bertz CT molecular complexity index is 383. The van der Waals surface area contributed by atoms with Gasteiger partial charge < -0.3 is 15.3 Å². The number of aliphatic hydroxyl groups excluding tert-OH is 1. The minimum Gasteiger partial charge on any atom is -0.394 e. The fourth-order valence-electron chi connectivity index (χ4n) is 3.03. The van der Waals surface area contributed by atoms with Gasteiger partial charge in [-0.3, -0.25) is 9.59 Å². The lowest BCUT2D eigenvalue weighted by atomic mass is 9.77. The van der Waals surface area contributed by atoms with Crippen LogP contribution in [-0.4, -0.2) is 47.1 Å². The lowest BCUT2D eigenvalue weighted by Crippen LogP contribution is -2.57. The maximum absolute atomic E-state index is 12.2. The molecule has 0 aromatic carbocycles. The highest BCUT2D eigenvalue weighted by Crippen LogP contribution is 2.34. The third-order valence-electron chi connectivity index (χ3n) is 4.76. The van der Waals surface area contributed by atoms with Crippen LogP contribution in [0.1, 0.15) is 38.5 Å². The lowest BCUT2D eigenvalue weighted by molar-refractivity contribution is -0.130. The summed E-state index contributed by atoms with van der Waals surface area (Å²) < 4.78 is 0. The van der Waals surface area contributed by atoms with Gasteiger partial charge in [-0.15, -0.1) is 0 Å². The number of rotatable bonds is 5. The smallest absolute Gasteiger partial charge is 0.225 e. The highest BCUT2D eigenvalue weighted by molar-refractivity contribution is 5.89. The zero-order chi connectivity index (χ0) is 13.5. The molecular formula is C14H22N2O3. The number of carbonyl (C=O) groups is 2. The SMILES string of the molecule is O=C(NC1(CO)CCC1)C1CC(=O)N(CC2CC2)C1. The monoisotopic (exact) mass is 266 g/mol. The van der Waals surface area contributed by atoms with Crippen LogP contribution in [0.3, 0.4) is 0 Å². The summed E-state index contributed by atoms with van der Waals surface area (Å²) in [5, 5.41) is 12.3. The number of likely N-dealkylation sites (tertiary alicyclic amines) is 1. The highest BCUT2D eigenvalue weighted by Gasteiger charge is 2.42. The van der Waals surface area contributed by atoms with Crippen LogP contribution in [0.4, 0.5) is 0 Å². The van der Waals surface area contributed by atoms with Crippen LogP contribution < -0.4 is 5.32 Å². The Morgan fingerprint density at radius 1 is 1.42 bits per heavy atom. The van der Waals surface area contributed by atoms with Crippen molar-refractivity contribution < 1.29 is 14.7 Å². The predicted octanol–water partition coefficient (Wildman–Crippen LogP) is 0.276. The molecule has 1 saturated heterocycles. The molecule has 5 nitrogen and oxygen atoms in total. The molecule has 0 aromatic rings. The Labute approximate surface area is 113 Å². The van der Waals surface area contributed by atoms with Crippen molar-refractivity contribution in [2.24, 2.45) is 11.8 Å². The van der Waals surface area contributed by atoms with Crippen molar-refractivity contribution in [3.63, 3.8) is 0 Å². The average Bonchev–Trinajstić information content (AvgIpc) is 3.08. The number of hydrogen-bond acceptors (Lipinski definition) is 3. The zero-order valence-corrected chi connectivity index (χ0v) is 11.2. The van der Waals surface area contributed by atoms with Gasteiger partial charge >= 0.3 is 0 Å². The van der Waals surface area contributed by atoms with E-state index in [9.17, 15) is 14.7 Å². The van der Waals surface area contributed by atoms with Gasteiger partial charge in [0.25, 0.3) is 0 Å². The van der Waals surface area contributed by atoms with Crippen molar-refractivity contribution >= 4 is 11.8 Å². The summed E-state index contributed by atoms with van der Waals surface area (Å²) in [5.74, 6) is 0.496. The van der Waals surface area contributed by atoms with Crippen molar-refractivity contribution in [2.45, 2.75) is 44.1 Å². The van der Waals surface area contributed by atoms with Crippen LogP contribution in [0.25, 0.3) is 0 Å². The summed E-state index contributed by atoms with van der Waals surface area (Å²) in [4.78, 5) is 25.9. The molecule has 1 aliphatic heterocycles. The summed E-state index contributed by atoms with van der Waals surface area (Å²) in [5.41, 5.74) is -0.399. The number of amides is 2. The first kappa shape index (κ1) is 12.9. The molecule has 19 heavy (non-hydrogen) atoms. The maximum atomic E-state index is 12.2. The maximum Gasteiger partial charge on any atom is 0.225 e. The first-order valence-corrected chi connectivity index (χ1v) is 7.32. The Balaban J connectivity index is 1.54. The van der Waals surface area contributed by atoms with Crippen molar-refractivity contribution in [1.82, 2.24) is 10.2 Å². The van der Waals surface area contributed by atoms with E-state index in [2.05, 4.69) is 5.32 Å². The van der Waals surface area contributed by atoms with Gasteiger partial charge in [0.1, 0.15) is 0 Å². The Morgan fingerprint density at radius 2 is 2.16 bits per heavy atom. The fourth-order valence-corrected chi connectivity index (χ4v) is 3.03. The Hall–Kier alpha value is -1.10. The van der Waals surface area contributed by atoms with E-state index in [4.69, 9.17) is 0 Å². The highest BCUT2D eigenvalue weighted by atomic mass is 16.3. The van der Waals surface area contributed by atoms with Crippen LogP contribution in [0.15, 0.2) is 0 Å². The van der Waals surface area contributed by atoms with Crippen LogP contribution in [0, 0.1) is 11.8 Å². The quantitative estimate of drug-likeness (QED) is 0.751. The van der Waals surface area contributed by atoms with Gasteiger partial charge in [-0.1, -0.05) is 0 Å². The third kappa shape index (κ3) is 2.61. The summed E-state index contributed by atoms with van der Waals surface area (Å²) in [6, 6.07) is 0. The van der Waals surface area contributed by atoms with Gasteiger partial charge in [0.05, 0.1) is 18.1 Å². The second kappa shape index (κ2) is 4.78. The van der Waals surface area contributed by atoms with Gasteiger partial charge in [0.2, 0.25) is 11.8 Å². The Kier molecular flexibility index (Phi) is 3.25. The molecular weight excluding hydrogens is 244 g/mol. The molecule has 5 heteroatoms. The van der Waals surface area contributed by atoms with Crippen LogP contribution in [-0.2, 0) is 9.59 Å². The van der Waals surface area contributed by atoms with Gasteiger partial charge in [0, 0.05) is 19.5 Å². The van der Waals surface area contributed by atoms with Crippen molar-refractivity contribution in [3.05, 3.63) is 0 Å². The average molecular weight is 266 g/mol. The van der Waals surface area contributed by atoms with E-state index < -0.39 is 5.54 Å². The van der Waals surface area contributed by atoms with Crippen molar-refractivity contribution in [3.8, 4) is 0 Å². The van der Waals surface area contributed by atoms with Gasteiger partial charge in [0.15, 0.2) is 0 Å².